The van der Waals surface area contributed by atoms with Gasteiger partial charge in [0.05, 0.1) is 5.56 Å². The molecule has 1 heterocycles. The van der Waals surface area contributed by atoms with Crippen molar-refractivity contribution in [1.29, 1.82) is 0 Å². The van der Waals surface area contributed by atoms with Crippen molar-refractivity contribution in [3.05, 3.63) is 45.8 Å². The number of rotatable bonds is 6. The molecule has 0 aliphatic carbocycles. The molecular formula is C16H16F2N2O3S. The summed E-state index contributed by atoms with van der Waals surface area (Å²) < 4.78 is 31.3. The summed E-state index contributed by atoms with van der Waals surface area (Å²) in [5.74, 6) is -3.09. The van der Waals surface area contributed by atoms with E-state index in [-0.39, 0.29) is 11.3 Å². The molecule has 0 aliphatic rings. The Hall–Kier alpha value is -2.48. The summed E-state index contributed by atoms with van der Waals surface area (Å²) in [6.07, 6.45) is 0.605. The zero-order valence-electron chi connectivity index (χ0n) is 13.1. The molecule has 0 unspecified atom stereocenters. The van der Waals surface area contributed by atoms with E-state index in [9.17, 15) is 18.4 Å². The third-order valence-corrected chi connectivity index (χ3v) is 4.38. The van der Waals surface area contributed by atoms with Crippen LogP contribution < -0.4 is 15.8 Å². The van der Waals surface area contributed by atoms with Gasteiger partial charge in [0.1, 0.15) is 10.8 Å². The van der Waals surface area contributed by atoms with Gasteiger partial charge in [0.2, 0.25) is 0 Å². The van der Waals surface area contributed by atoms with Crippen LogP contribution in [0.15, 0.2) is 18.2 Å². The molecule has 2 aromatic rings. The Morgan fingerprint density at radius 3 is 2.62 bits per heavy atom. The van der Waals surface area contributed by atoms with E-state index in [2.05, 4.69) is 5.32 Å². The first kappa shape index (κ1) is 17.9. The lowest BCUT2D eigenvalue weighted by molar-refractivity contribution is -0.118. The van der Waals surface area contributed by atoms with E-state index in [0.29, 0.717) is 17.5 Å². The van der Waals surface area contributed by atoms with Crippen LogP contribution in [0.2, 0.25) is 0 Å². The molecule has 0 radical (unpaired) electrons. The summed E-state index contributed by atoms with van der Waals surface area (Å²) in [6, 6.07) is 2.78. The van der Waals surface area contributed by atoms with E-state index in [4.69, 9.17) is 10.5 Å². The van der Waals surface area contributed by atoms with Crippen LogP contribution in [0.1, 0.15) is 27.7 Å². The summed E-state index contributed by atoms with van der Waals surface area (Å²) in [4.78, 5) is 24.5. The zero-order chi connectivity index (χ0) is 17.9. The summed E-state index contributed by atoms with van der Waals surface area (Å²) in [7, 11) is 0. The number of primary amides is 1. The van der Waals surface area contributed by atoms with Crippen molar-refractivity contribution < 1.29 is 23.1 Å². The number of halogens is 2. The van der Waals surface area contributed by atoms with Crippen molar-refractivity contribution in [2.75, 3.05) is 11.9 Å². The fourth-order valence-corrected chi connectivity index (χ4v) is 3.42. The molecule has 128 valence electrons. The normalized spacial score (nSPS) is 10.5. The molecule has 0 bridgehead atoms. The Morgan fingerprint density at radius 1 is 1.33 bits per heavy atom. The van der Waals surface area contributed by atoms with Crippen molar-refractivity contribution in [3.8, 4) is 5.75 Å². The molecule has 0 saturated carbocycles. The molecule has 0 atom stereocenters. The molecule has 3 N–H and O–H groups in total. The van der Waals surface area contributed by atoms with Gasteiger partial charge in [-0.3, -0.25) is 9.59 Å². The highest BCUT2D eigenvalue weighted by Gasteiger charge is 2.20. The molecule has 1 aromatic carbocycles. The lowest BCUT2D eigenvalue weighted by atomic mass is 10.1. The van der Waals surface area contributed by atoms with Crippen molar-refractivity contribution in [3.63, 3.8) is 0 Å². The summed E-state index contributed by atoms with van der Waals surface area (Å²) in [6.45, 7) is 3.22. The standard InChI is InChI=1S/C16H16F2N2O3S/c1-3-10-8(2)24-16(14(10)15(19)22)20-13(21)7-23-12-5-4-9(17)6-11(12)18/h4-6H,3,7H2,1-2H3,(H2,19,22)(H,20,21). The van der Waals surface area contributed by atoms with Crippen LogP contribution in [0, 0.1) is 18.6 Å². The highest BCUT2D eigenvalue weighted by atomic mass is 32.1. The first-order valence-electron chi connectivity index (χ1n) is 7.13. The van der Waals surface area contributed by atoms with Crippen molar-refractivity contribution >= 4 is 28.2 Å². The van der Waals surface area contributed by atoms with Gasteiger partial charge < -0.3 is 15.8 Å². The van der Waals surface area contributed by atoms with Gasteiger partial charge in [-0.25, -0.2) is 8.78 Å². The Morgan fingerprint density at radius 2 is 2.04 bits per heavy atom. The fourth-order valence-electron chi connectivity index (χ4n) is 2.25. The molecule has 5 nitrogen and oxygen atoms in total. The first-order chi connectivity index (χ1) is 11.3. The van der Waals surface area contributed by atoms with Gasteiger partial charge in [-0.15, -0.1) is 11.3 Å². The van der Waals surface area contributed by atoms with E-state index in [0.717, 1.165) is 22.6 Å². The Bertz CT molecular complexity index is 790. The van der Waals surface area contributed by atoms with E-state index in [1.165, 1.54) is 11.3 Å². The third kappa shape index (κ3) is 3.88. The molecule has 24 heavy (non-hydrogen) atoms. The smallest absolute Gasteiger partial charge is 0.262 e. The van der Waals surface area contributed by atoms with Gasteiger partial charge in [-0.05, 0) is 31.0 Å². The topological polar surface area (TPSA) is 81.4 Å². The average molecular weight is 354 g/mol. The number of carbonyl (C=O) groups excluding carboxylic acids is 2. The number of hydrogen-bond donors (Lipinski definition) is 2. The molecule has 2 rings (SSSR count). The first-order valence-corrected chi connectivity index (χ1v) is 7.94. The van der Waals surface area contributed by atoms with Gasteiger partial charge >= 0.3 is 0 Å². The highest BCUT2D eigenvalue weighted by molar-refractivity contribution is 7.16. The molecule has 0 aliphatic heterocycles. The van der Waals surface area contributed by atoms with Crippen LogP contribution in [-0.2, 0) is 11.2 Å². The van der Waals surface area contributed by atoms with Crippen molar-refractivity contribution in [1.82, 2.24) is 0 Å². The van der Waals surface area contributed by atoms with E-state index in [1.807, 2.05) is 13.8 Å². The van der Waals surface area contributed by atoms with E-state index >= 15 is 0 Å². The van der Waals surface area contributed by atoms with Crippen LogP contribution in [0.3, 0.4) is 0 Å². The molecule has 2 amide bonds. The van der Waals surface area contributed by atoms with Crippen LogP contribution >= 0.6 is 11.3 Å². The fraction of sp³-hybridized carbons (Fsp3) is 0.250. The number of nitrogens with one attached hydrogen (secondary N) is 1. The number of nitrogens with two attached hydrogens (primary N) is 1. The number of benzene rings is 1. The lowest BCUT2D eigenvalue weighted by Crippen LogP contribution is -2.22. The minimum absolute atomic E-state index is 0.238. The van der Waals surface area contributed by atoms with Crippen molar-refractivity contribution in [2.24, 2.45) is 5.73 Å². The van der Waals surface area contributed by atoms with Gasteiger partial charge in [-0.1, -0.05) is 6.92 Å². The van der Waals surface area contributed by atoms with Gasteiger partial charge in [0, 0.05) is 10.9 Å². The molecule has 0 fully saturated rings. The SMILES string of the molecule is CCc1c(C)sc(NC(=O)COc2ccc(F)cc2F)c1C(N)=O. The molecule has 8 heteroatoms. The number of carbonyl (C=O) groups is 2. The predicted molar refractivity (Wildman–Crippen MR) is 87.4 cm³/mol. The number of hydrogen-bond acceptors (Lipinski definition) is 4. The molecule has 1 aromatic heterocycles. The minimum Gasteiger partial charge on any atom is -0.481 e. The highest BCUT2D eigenvalue weighted by Crippen LogP contribution is 2.33. The van der Waals surface area contributed by atoms with E-state index < -0.39 is 30.1 Å². The summed E-state index contributed by atoms with van der Waals surface area (Å²) in [5.41, 5.74) is 6.44. The van der Waals surface area contributed by atoms with Crippen LogP contribution in [0.25, 0.3) is 0 Å². The predicted octanol–water partition coefficient (Wildman–Crippen LogP) is 3.01. The maximum Gasteiger partial charge on any atom is 0.262 e. The second-order valence-electron chi connectivity index (χ2n) is 4.97. The third-order valence-electron chi connectivity index (χ3n) is 3.31. The summed E-state index contributed by atoms with van der Waals surface area (Å²) >= 11 is 1.24. The van der Waals surface area contributed by atoms with Gasteiger partial charge in [-0.2, -0.15) is 0 Å². The Labute approximate surface area is 141 Å². The largest absolute Gasteiger partial charge is 0.481 e. The second-order valence-corrected chi connectivity index (χ2v) is 6.20. The maximum atomic E-state index is 13.4. The number of amides is 2. The Kier molecular flexibility index (Phi) is 5.50. The van der Waals surface area contributed by atoms with Gasteiger partial charge in [0.15, 0.2) is 18.2 Å². The van der Waals surface area contributed by atoms with E-state index in [1.54, 1.807) is 0 Å². The number of aryl methyl sites for hydroxylation is 1. The Balaban J connectivity index is 2.09. The zero-order valence-corrected chi connectivity index (χ0v) is 13.9. The average Bonchev–Trinajstić information content (AvgIpc) is 2.81. The minimum atomic E-state index is -0.902. The van der Waals surface area contributed by atoms with Crippen LogP contribution in [0.5, 0.6) is 5.75 Å². The molecule has 0 saturated heterocycles. The number of thiophene rings is 1. The van der Waals surface area contributed by atoms with Crippen LogP contribution in [-0.4, -0.2) is 18.4 Å². The monoisotopic (exact) mass is 354 g/mol. The summed E-state index contributed by atoms with van der Waals surface area (Å²) in [5, 5.41) is 2.88. The van der Waals surface area contributed by atoms with Crippen LogP contribution in [0.4, 0.5) is 13.8 Å². The number of anilines is 1. The number of ether oxygens (including phenoxy) is 1. The quantitative estimate of drug-likeness (QED) is 0.837. The van der Waals surface area contributed by atoms with Gasteiger partial charge in [0.25, 0.3) is 11.8 Å². The second kappa shape index (κ2) is 7.39. The lowest BCUT2D eigenvalue weighted by Gasteiger charge is -2.08. The van der Waals surface area contributed by atoms with Crippen molar-refractivity contribution in [2.45, 2.75) is 20.3 Å². The molecule has 0 spiro atoms. The maximum absolute atomic E-state index is 13.4. The molecular weight excluding hydrogens is 338 g/mol.